The summed E-state index contributed by atoms with van der Waals surface area (Å²) in [5.41, 5.74) is 2.54. The third kappa shape index (κ3) is 2.33. The predicted molar refractivity (Wildman–Crippen MR) is 78.3 cm³/mol. The van der Waals surface area contributed by atoms with E-state index in [4.69, 9.17) is 0 Å². The number of hydrogen-bond acceptors (Lipinski definition) is 2. The molecule has 1 aliphatic carbocycles. The molecule has 1 aromatic carbocycles. The lowest BCUT2D eigenvalue weighted by molar-refractivity contribution is 0.639. The highest BCUT2D eigenvalue weighted by atomic mass is 16.2. The maximum absolute atomic E-state index is 12.2. The molecule has 0 amide bonds. The van der Waals surface area contributed by atoms with Gasteiger partial charge in [-0.05, 0) is 37.8 Å². The van der Waals surface area contributed by atoms with Crippen LogP contribution in [-0.4, -0.2) is 9.13 Å². The van der Waals surface area contributed by atoms with Crippen molar-refractivity contribution in [1.29, 1.82) is 0 Å². The second-order valence-electron chi connectivity index (χ2n) is 5.60. The predicted octanol–water partition coefficient (Wildman–Crippen LogP) is 2.01. The van der Waals surface area contributed by atoms with Gasteiger partial charge in [0.05, 0.1) is 6.54 Å². The van der Waals surface area contributed by atoms with Gasteiger partial charge in [0.2, 0.25) is 0 Å². The minimum Gasteiger partial charge on any atom is -0.306 e. The average Bonchev–Trinajstić information content (AvgIpc) is 3.24. The van der Waals surface area contributed by atoms with Crippen molar-refractivity contribution >= 4 is 0 Å². The molecule has 0 atom stereocenters. The second-order valence-corrected chi connectivity index (χ2v) is 5.60. The van der Waals surface area contributed by atoms with Gasteiger partial charge in [-0.3, -0.25) is 9.59 Å². The zero-order valence-electron chi connectivity index (χ0n) is 11.8. The van der Waals surface area contributed by atoms with Crippen molar-refractivity contribution in [3.05, 3.63) is 68.0 Å². The van der Waals surface area contributed by atoms with Gasteiger partial charge >= 0.3 is 11.1 Å². The van der Waals surface area contributed by atoms with Crippen LogP contribution in [0, 0.1) is 13.8 Å². The van der Waals surface area contributed by atoms with Crippen LogP contribution >= 0.6 is 0 Å². The number of aryl methyl sites for hydroxylation is 2. The van der Waals surface area contributed by atoms with Crippen molar-refractivity contribution in [2.45, 2.75) is 39.3 Å². The van der Waals surface area contributed by atoms with Crippen LogP contribution in [0.25, 0.3) is 0 Å². The minimum absolute atomic E-state index is 0.241. The van der Waals surface area contributed by atoms with E-state index in [1.54, 1.807) is 17.0 Å². The van der Waals surface area contributed by atoms with Gasteiger partial charge in [-0.25, -0.2) is 0 Å². The molecule has 104 valence electrons. The van der Waals surface area contributed by atoms with Crippen molar-refractivity contribution < 1.29 is 0 Å². The molecule has 0 spiro atoms. The quantitative estimate of drug-likeness (QED) is 0.801. The molecule has 0 aliphatic heterocycles. The summed E-state index contributed by atoms with van der Waals surface area (Å²) in [6.07, 6.45) is 5.47. The van der Waals surface area contributed by atoms with Gasteiger partial charge in [0, 0.05) is 18.4 Å². The van der Waals surface area contributed by atoms with Gasteiger partial charge in [-0.2, -0.15) is 0 Å². The molecule has 1 heterocycles. The summed E-state index contributed by atoms with van der Waals surface area (Å²) in [5, 5.41) is 0. The molecule has 0 radical (unpaired) electrons. The standard InChI is InChI=1S/C16H18N2O2/c1-11-3-4-12(2)13(9-11)10-17-7-8-18(14-5-6-14)16(20)15(17)19/h3-4,7-9,14H,5-6,10H2,1-2H3. The zero-order valence-corrected chi connectivity index (χ0v) is 11.8. The molecule has 4 nitrogen and oxygen atoms in total. The van der Waals surface area contributed by atoms with Crippen LogP contribution in [0.5, 0.6) is 0 Å². The van der Waals surface area contributed by atoms with Crippen molar-refractivity contribution in [1.82, 2.24) is 9.13 Å². The third-order valence-corrected chi connectivity index (χ3v) is 3.87. The Morgan fingerprint density at radius 2 is 1.85 bits per heavy atom. The Kier molecular flexibility index (Phi) is 3.08. The topological polar surface area (TPSA) is 44.0 Å². The number of hydrogen-bond donors (Lipinski definition) is 0. The average molecular weight is 270 g/mol. The monoisotopic (exact) mass is 270 g/mol. The van der Waals surface area contributed by atoms with E-state index >= 15 is 0 Å². The fraction of sp³-hybridized carbons (Fsp3) is 0.375. The van der Waals surface area contributed by atoms with Crippen LogP contribution in [0.1, 0.15) is 35.6 Å². The van der Waals surface area contributed by atoms with E-state index in [9.17, 15) is 9.59 Å². The first-order chi connectivity index (χ1) is 9.56. The summed E-state index contributed by atoms with van der Waals surface area (Å²) in [7, 11) is 0. The lowest BCUT2D eigenvalue weighted by Crippen LogP contribution is -2.40. The molecular weight excluding hydrogens is 252 g/mol. The maximum Gasteiger partial charge on any atom is 0.316 e. The summed E-state index contributed by atoms with van der Waals surface area (Å²) < 4.78 is 3.07. The van der Waals surface area contributed by atoms with Crippen LogP contribution in [0.2, 0.25) is 0 Å². The van der Waals surface area contributed by atoms with E-state index in [-0.39, 0.29) is 6.04 Å². The highest BCUT2D eigenvalue weighted by molar-refractivity contribution is 5.30. The summed E-state index contributed by atoms with van der Waals surface area (Å²) in [5.74, 6) is 0. The first kappa shape index (κ1) is 12.9. The fourth-order valence-electron chi connectivity index (χ4n) is 2.44. The molecule has 2 aromatic rings. The van der Waals surface area contributed by atoms with Gasteiger partial charge in [0.1, 0.15) is 0 Å². The van der Waals surface area contributed by atoms with Crippen LogP contribution in [0.4, 0.5) is 0 Å². The Bertz CT molecular complexity index is 767. The first-order valence-electron chi connectivity index (χ1n) is 6.94. The zero-order chi connectivity index (χ0) is 14.3. The Morgan fingerprint density at radius 3 is 2.55 bits per heavy atom. The maximum atomic E-state index is 12.2. The molecule has 0 saturated heterocycles. The van der Waals surface area contributed by atoms with E-state index in [1.807, 2.05) is 26.0 Å². The smallest absolute Gasteiger partial charge is 0.306 e. The number of aromatic nitrogens is 2. The highest BCUT2D eigenvalue weighted by Crippen LogP contribution is 2.32. The molecule has 0 unspecified atom stereocenters. The van der Waals surface area contributed by atoms with Crippen molar-refractivity contribution in [2.75, 3.05) is 0 Å². The Labute approximate surface area is 117 Å². The summed E-state index contributed by atoms with van der Waals surface area (Å²) in [6, 6.07) is 6.40. The van der Waals surface area contributed by atoms with Gasteiger partial charge < -0.3 is 9.13 Å². The van der Waals surface area contributed by atoms with Crippen molar-refractivity contribution in [2.24, 2.45) is 0 Å². The van der Waals surface area contributed by atoms with E-state index in [0.29, 0.717) is 6.54 Å². The molecular formula is C16H18N2O2. The van der Waals surface area contributed by atoms with E-state index < -0.39 is 11.1 Å². The van der Waals surface area contributed by atoms with Crippen LogP contribution in [0.3, 0.4) is 0 Å². The third-order valence-electron chi connectivity index (χ3n) is 3.87. The van der Waals surface area contributed by atoms with Crippen LogP contribution < -0.4 is 11.1 Å². The Morgan fingerprint density at radius 1 is 1.10 bits per heavy atom. The Balaban J connectivity index is 1.99. The highest BCUT2D eigenvalue weighted by Gasteiger charge is 2.25. The normalized spacial score (nSPS) is 14.5. The molecule has 20 heavy (non-hydrogen) atoms. The summed E-state index contributed by atoms with van der Waals surface area (Å²) in [6.45, 7) is 4.50. The first-order valence-corrected chi connectivity index (χ1v) is 6.94. The van der Waals surface area contributed by atoms with E-state index in [1.165, 1.54) is 4.57 Å². The fourth-order valence-corrected chi connectivity index (χ4v) is 2.44. The van der Waals surface area contributed by atoms with Gasteiger partial charge in [-0.15, -0.1) is 0 Å². The largest absolute Gasteiger partial charge is 0.316 e. The minimum atomic E-state index is -0.430. The molecule has 1 aliphatic rings. The van der Waals surface area contributed by atoms with Crippen molar-refractivity contribution in [3.8, 4) is 0 Å². The van der Waals surface area contributed by atoms with Crippen LogP contribution in [0.15, 0.2) is 40.2 Å². The summed E-state index contributed by atoms with van der Waals surface area (Å²) >= 11 is 0. The lowest BCUT2D eigenvalue weighted by Gasteiger charge is -2.11. The van der Waals surface area contributed by atoms with Gasteiger partial charge in [-0.1, -0.05) is 23.8 Å². The van der Waals surface area contributed by atoms with Gasteiger partial charge in [0.15, 0.2) is 0 Å². The number of benzene rings is 1. The van der Waals surface area contributed by atoms with Gasteiger partial charge in [0.25, 0.3) is 0 Å². The van der Waals surface area contributed by atoms with E-state index in [2.05, 4.69) is 6.07 Å². The number of nitrogens with zero attached hydrogens (tertiary/aromatic N) is 2. The van der Waals surface area contributed by atoms with Crippen molar-refractivity contribution in [3.63, 3.8) is 0 Å². The lowest BCUT2D eigenvalue weighted by atomic mass is 10.1. The second kappa shape index (κ2) is 4.78. The molecule has 1 fully saturated rings. The molecule has 3 rings (SSSR count). The molecule has 0 N–H and O–H groups in total. The molecule has 1 saturated carbocycles. The van der Waals surface area contributed by atoms with E-state index in [0.717, 1.165) is 29.5 Å². The Hall–Kier alpha value is -2.10. The molecule has 1 aromatic heterocycles. The molecule has 0 bridgehead atoms. The van der Waals surface area contributed by atoms with Crippen LogP contribution in [-0.2, 0) is 6.54 Å². The SMILES string of the molecule is Cc1ccc(C)c(Cn2ccn(C3CC3)c(=O)c2=O)c1. The number of rotatable bonds is 3. The molecule has 4 heteroatoms. The summed E-state index contributed by atoms with van der Waals surface area (Å²) in [4.78, 5) is 24.2.